The number of hydrogen-bond donors (Lipinski definition) is 2. The van der Waals surface area contributed by atoms with Crippen LogP contribution in [0.3, 0.4) is 0 Å². The predicted molar refractivity (Wildman–Crippen MR) is 120 cm³/mol. The number of guanidine groups is 1. The zero-order valence-electron chi connectivity index (χ0n) is 15.3. The predicted octanol–water partition coefficient (Wildman–Crippen LogP) is 3.12. The van der Waals surface area contributed by atoms with Gasteiger partial charge >= 0.3 is 0 Å². The molecule has 0 saturated carbocycles. The number of aliphatic imine (C=N–C) groups is 1. The van der Waals surface area contributed by atoms with Gasteiger partial charge in [0.2, 0.25) is 5.91 Å². The number of carbonyl (C=O) groups is 1. The normalized spacial score (nSPS) is 10.8. The van der Waals surface area contributed by atoms with Gasteiger partial charge in [-0.25, -0.2) is 4.99 Å². The fourth-order valence-corrected chi connectivity index (χ4v) is 2.83. The Bertz CT molecular complexity index is 659. The maximum atomic E-state index is 11.8. The Hall–Kier alpha value is -1.61. The van der Waals surface area contributed by atoms with Crippen LogP contribution >= 0.6 is 35.3 Å². The zero-order valence-corrected chi connectivity index (χ0v) is 18.4. The molecular formula is C19H27IN4OS. The lowest BCUT2D eigenvalue weighted by Crippen LogP contribution is -2.38. The van der Waals surface area contributed by atoms with E-state index in [-0.39, 0.29) is 36.4 Å². The topological polar surface area (TPSA) is 56.7 Å². The van der Waals surface area contributed by atoms with Crippen LogP contribution in [-0.4, -0.2) is 44.0 Å². The van der Waals surface area contributed by atoms with Gasteiger partial charge in [-0.2, -0.15) is 0 Å². The van der Waals surface area contributed by atoms with Crippen LogP contribution in [0.5, 0.6) is 0 Å². The summed E-state index contributed by atoms with van der Waals surface area (Å²) in [5.41, 5.74) is 1.33. The smallest absolute Gasteiger partial charge is 0.243 e. The lowest BCUT2D eigenvalue weighted by atomic mass is 10.1. The first kappa shape index (κ1) is 22.4. The third kappa shape index (κ3) is 8.66. The van der Waals surface area contributed by atoms with Gasteiger partial charge in [-0.1, -0.05) is 36.4 Å². The Morgan fingerprint density at radius 3 is 2.54 bits per heavy atom. The van der Waals surface area contributed by atoms with Gasteiger partial charge in [0, 0.05) is 25.5 Å². The number of hydrogen-bond acceptors (Lipinski definition) is 3. The first-order valence-corrected chi connectivity index (χ1v) is 9.32. The highest BCUT2D eigenvalue weighted by molar-refractivity contribution is 14.0. The highest BCUT2D eigenvalue weighted by Crippen LogP contribution is 2.07. The summed E-state index contributed by atoms with van der Waals surface area (Å²) >= 11 is 1.70. The van der Waals surface area contributed by atoms with Crippen molar-refractivity contribution in [1.29, 1.82) is 0 Å². The number of aryl methyl sites for hydroxylation is 1. The number of thiophene rings is 1. The van der Waals surface area contributed by atoms with Crippen molar-refractivity contribution in [1.82, 2.24) is 15.5 Å². The third-order valence-electron chi connectivity index (χ3n) is 3.66. The Morgan fingerprint density at radius 1 is 1.12 bits per heavy atom. The standard InChI is InChI=1S/C19H26N4OS.HI/c1-23(2)18(24)15-22-19(21-14-17-11-7-13-25-17)20-12-6-10-16-8-4-3-5-9-16;/h3-5,7-9,11,13H,6,10,12,14-15H2,1-2H3,(H2,20,21,22);1H. The number of carbonyl (C=O) groups excluding carboxylic acids is 1. The molecule has 1 aromatic heterocycles. The molecule has 0 radical (unpaired) electrons. The number of benzene rings is 1. The summed E-state index contributed by atoms with van der Waals surface area (Å²) in [6, 6.07) is 14.5. The molecule has 0 saturated heterocycles. The van der Waals surface area contributed by atoms with Crippen LogP contribution in [0.15, 0.2) is 52.8 Å². The van der Waals surface area contributed by atoms with Crippen molar-refractivity contribution in [2.45, 2.75) is 19.4 Å². The maximum absolute atomic E-state index is 11.8. The highest BCUT2D eigenvalue weighted by Gasteiger charge is 2.05. The molecule has 0 bridgehead atoms. The van der Waals surface area contributed by atoms with Crippen molar-refractivity contribution in [3.8, 4) is 0 Å². The van der Waals surface area contributed by atoms with Crippen LogP contribution < -0.4 is 10.6 Å². The maximum Gasteiger partial charge on any atom is 0.243 e. The van der Waals surface area contributed by atoms with Crippen LogP contribution in [0.25, 0.3) is 0 Å². The molecule has 7 heteroatoms. The van der Waals surface area contributed by atoms with Gasteiger partial charge in [0.1, 0.15) is 6.54 Å². The number of nitrogens with zero attached hydrogens (tertiary/aromatic N) is 2. The lowest BCUT2D eigenvalue weighted by molar-refractivity contribution is -0.127. The van der Waals surface area contributed by atoms with Crippen LogP contribution in [0, 0.1) is 0 Å². The van der Waals surface area contributed by atoms with E-state index in [9.17, 15) is 4.79 Å². The molecule has 0 unspecified atom stereocenters. The SMILES string of the molecule is CN(C)C(=O)CN=C(NCCCc1ccccc1)NCc1cccs1.I. The average molecular weight is 486 g/mol. The molecule has 1 aromatic carbocycles. The van der Waals surface area contributed by atoms with E-state index < -0.39 is 0 Å². The second-order valence-corrected chi connectivity index (χ2v) is 6.93. The monoisotopic (exact) mass is 486 g/mol. The molecule has 142 valence electrons. The van der Waals surface area contributed by atoms with E-state index in [0.29, 0.717) is 12.5 Å². The Morgan fingerprint density at radius 2 is 1.88 bits per heavy atom. The molecule has 0 aliphatic heterocycles. The quantitative estimate of drug-likeness (QED) is 0.261. The molecule has 2 aromatic rings. The van der Waals surface area contributed by atoms with Gasteiger partial charge in [-0.15, -0.1) is 35.3 Å². The van der Waals surface area contributed by atoms with Crippen molar-refractivity contribution in [2.75, 3.05) is 27.2 Å². The van der Waals surface area contributed by atoms with Gasteiger partial charge in [-0.3, -0.25) is 4.79 Å². The molecule has 2 rings (SSSR count). The summed E-state index contributed by atoms with van der Waals surface area (Å²) in [5, 5.41) is 8.67. The van der Waals surface area contributed by atoms with Crippen molar-refractivity contribution >= 4 is 47.2 Å². The van der Waals surface area contributed by atoms with Crippen LogP contribution in [0.2, 0.25) is 0 Å². The number of likely N-dealkylation sites (N-methyl/N-ethyl adjacent to an activating group) is 1. The Kier molecular flexibility index (Phi) is 11.0. The van der Waals surface area contributed by atoms with E-state index in [1.807, 2.05) is 12.1 Å². The van der Waals surface area contributed by atoms with E-state index in [4.69, 9.17) is 0 Å². The molecule has 0 atom stereocenters. The molecule has 5 nitrogen and oxygen atoms in total. The molecule has 1 amide bonds. The van der Waals surface area contributed by atoms with E-state index in [0.717, 1.165) is 19.4 Å². The zero-order chi connectivity index (χ0) is 17.9. The van der Waals surface area contributed by atoms with Crippen molar-refractivity contribution in [3.05, 3.63) is 58.3 Å². The van der Waals surface area contributed by atoms with Gasteiger partial charge in [-0.05, 0) is 29.9 Å². The molecule has 0 spiro atoms. The Balaban J connectivity index is 0.00000338. The van der Waals surface area contributed by atoms with Crippen LogP contribution in [0.1, 0.15) is 16.9 Å². The molecule has 26 heavy (non-hydrogen) atoms. The Labute approximate surface area is 176 Å². The number of nitrogens with one attached hydrogen (secondary N) is 2. The molecule has 2 N–H and O–H groups in total. The second-order valence-electron chi connectivity index (χ2n) is 5.90. The van der Waals surface area contributed by atoms with E-state index >= 15 is 0 Å². The molecule has 0 aliphatic carbocycles. The van der Waals surface area contributed by atoms with E-state index in [1.165, 1.54) is 10.4 Å². The summed E-state index contributed by atoms with van der Waals surface area (Å²) in [6.45, 7) is 1.66. The largest absolute Gasteiger partial charge is 0.356 e. The fourth-order valence-electron chi connectivity index (χ4n) is 2.19. The number of rotatable bonds is 8. The van der Waals surface area contributed by atoms with Crippen molar-refractivity contribution < 1.29 is 4.79 Å². The number of halogens is 1. The molecule has 0 fully saturated rings. The van der Waals surface area contributed by atoms with E-state index in [2.05, 4.69) is 51.3 Å². The van der Waals surface area contributed by atoms with Gasteiger partial charge in [0.25, 0.3) is 0 Å². The molecule has 1 heterocycles. The first-order chi connectivity index (χ1) is 12.1. The van der Waals surface area contributed by atoms with Crippen LogP contribution in [0.4, 0.5) is 0 Å². The second kappa shape index (κ2) is 12.7. The van der Waals surface area contributed by atoms with E-state index in [1.54, 1.807) is 30.3 Å². The minimum atomic E-state index is -0.0125. The average Bonchev–Trinajstić information content (AvgIpc) is 3.14. The molecule has 0 aliphatic rings. The van der Waals surface area contributed by atoms with Crippen molar-refractivity contribution in [3.63, 3.8) is 0 Å². The first-order valence-electron chi connectivity index (χ1n) is 8.44. The lowest BCUT2D eigenvalue weighted by Gasteiger charge is -2.13. The van der Waals surface area contributed by atoms with Gasteiger partial charge in [0.15, 0.2) is 5.96 Å². The fraction of sp³-hybridized carbons (Fsp3) is 0.368. The van der Waals surface area contributed by atoms with Gasteiger partial charge < -0.3 is 15.5 Å². The van der Waals surface area contributed by atoms with Crippen molar-refractivity contribution in [2.24, 2.45) is 4.99 Å². The summed E-state index contributed by atoms with van der Waals surface area (Å²) in [7, 11) is 3.48. The summed E-state index contributed by atoms with van der Waals surface area (Å²) < 4.78 is 0. The summed E-state index contributed by atoms with van der Waals surface area (Å²) in [6.07, 6.45) is 2.02. The minimum Gasteiger partial charge on any atom is -0.356 e. The molecular weight excluding hydrogens is 459 g/mol. The number of amides is 1. The third-order valence-corrected chi connectivity index (χ3v) is 4.54. The summed E-state index contributed by atoms with van der Waals surface area (Å²) in [5.74, 6) is 0.665. The summed E-state index contributed by atoms with van der Waals surface area (Å²) in [4.78, 5) is 18.9. The van der Waals surface area contributed by atoms with Gasteiger partial charge in [0.05, 0.1) is 6.54 Å². The minimum absolute atomic E-state index is 0. The highest BCUT2D eigenvalue weighted by atomic mass is 127. The van der Waals surface area contributed by atoms with Crippen LogP contribution in [-0.2, 0) is 17.8 Å².